The predicted molar refractivity (Wildman–Crippen MR) is 80.2 cm³/mol. The Balaban J connectivity index is 2.45. The number of nitrogens with zero attached hydrogens (tertiary/aromatic N) is 5. The van der Waals surface area contributed by atoms with Gasteiger partial charge in [-0.25, -0.2) is 0 Å². The van der Waals surface area contributed by atoms with Gasteiger partial charge in [0.2, 0.25) is 0 Å². The van der Waals surface area contributed by atoms with Crippen molar-refractivity contribution in [3.63, 3.8) is 0 Å². The molecule has 9 heteroatoms. The van der Waals surface area contributed by atoms with Gasteiger partial charge in [-0.15, -0.1) is 5.10 Å². The molecule has 1 N–H and O–H groups in total. The Bertz CT molecular complexity index is 670. The van der Waals surface area contributed by atoms with E-state index in [1.807, 2.05) is 13.8 Å². The number of rotatable bonds is 5. The molecule has 1 aromatic heterocycles. The maximum absolute atomic E-state index is 11.1. The second-order valence-corrected chi connectivity index (χ2v) is 5.74. The van der Waals surface area contributed by atoms with E-state index in [-0.39, 0.29) is 11.7 Å². The van der Waals surface area contributed by atoms with Crippen molar-refractivity contribution in [2.24, 2.45) is 0 Å². The molecule has 8 nitrogen and oxygen atoms in total. The van der Waals surface area contributed by atoms with Crippen LogP contribution in [-0.4, -0.2) is 31.2 Å². The van der Waals surface area contributed by atoms with E-state index in [9.17, 15) is 10.1 Å². The first-order valence-electron chi connectivity index (χ1n) is 6.35. The van der Waals surface area contributed by atoms with Crippen LogP contribution < -0.4 is 5.32 Å². The zero-order chi connectivity index (χ0) is 15.6. The fraction of sp³-hybridized carbons (Fsp3) is 0.417. The topological polar surface area (TPSA) is 98.8 Å². The van der Waals surface area contributed by atoms with Crippen molar-refractivity contribution in [2.45, 2.75) is 33.4 Å². The van der Waals surface area contributed by atoms with Crippen molar-refractivity contribution in [1.82, 2.24) is 25.5 Å². The summed E-state index contributed by atoms with van der Waals surface area (Å²) in [5.41, 5.74) is 1.15. The van der Waals surface area contributed by atoms with Crippen LogP contribution in [0, 0.1) is 17.0 Å². The number of nitro groups is 1. The lowest BCUT2D eigenvalue weighted by Crippen LogP contribution is -2.24. The molecule has 2 rings (SSSR count). The molecule has 0 amide bonds. The molecule has 0 aliphatic heterocycles. The summed E-state index contributed by atoms with van der Waals surface area (Å²) in [6, 6.07) is 3.44. The van der Waals surface area contributed by atoms with Crippen LogP contribution >= 0.6 is 15.9 Å². The van der Waals surface area contributed by atoms with Crippen LogP contribution in [-0.2, 0) is 6.54 Å². The molecule has 112 valence electrons. The largest absolute Gasteiger partial charge is 0.308 e. The third kappa shape index (κ3) is 3.42. The van der Waals surface area contributed by atoms with Crippen molar-refractivity contribution < 1.29 is 4.92 Å². The summed E-state index contributed by atoms with van der Waals surface area (Å²) >= 11 is 3.41. The lowest BCUT2D eigenvalue weighted by atomic mass is 10.2. The first-order valence-corrected chi connectivity index (χ1v) is 7.15. The van der Waals surface area contributed by atoms with Gasteiger partial charge in [0, 0.05) is 22.1 Å². The number of hydrogen-bond acceptors (Lipinski definition) is 6. The van der Waals surface area contributed by atoms with Crippen molar-refractivity contribution in [2.75, 3.05) is 0 Å². The molecule has 0 saturated heterocycles. The van der Waals surface area contributed by atoms with Crippen LogP contribution in [0.15, 0.2) is 16.6 Å². The molecular formula is C12H15BrN6O2. The Morgan fingerprint density at radius 3 is 2.81 bits per heavy atom. The van der Waals surface area contributed by atoms with Gasteiger partial charge in [0.25, 0.3) is 5.69 Å². The average Bonchev–Trinajstić information content (AvgIpc) is 2.84. The molecule has 1 aromatic carbocycles. The van der Waals surface area contributed by atoms with E-state index in [1.54, 1.807) is 13.0 Å². The van der Waals surface area contributed by atoms with E-state index < -0.39 is 4.92 Å². The number of aryl methyl sites for hydroxylation is 1. The fourth-order valence-corrected chi connectivity index (χ4v) is 2.43. The van der Waals surface area contributed by atoms with E-state index >= 15 is 0 Å². The van der Waals surface area contributed by atoms with Gasteiger partial charge in [0.1, 0.15) is 0 Å². The van der Waals surface area contributed by atoms with Crippen LogP contribution in [0.5, 0.6) is 0 Å². The second kappa shape index (κ2) is 6.27. The summed E-state index contributed by atoms with van der Waals surface area (Å²) in [6.45, 7) is 6.19. The summed E-state index contributed by atoms with van der Waals surface area (Å²) in [7, 11) is 0. The minimum Gasteiger partial charge on any atom is -0.308 e. The number of nitrogens with one attached hydrogen (secondary N) is 1. The molecule has 2 aromatic rings. The van der Waals surface area contributed by atoms with Gasteiger partial charge < -0.3 is 5.32 Å². The summed E-state index contributed by atoms with van der Waals surface area (Å²) in [5.74, 6) is 0.586. The van der Waals surface area contributed by atoms with E-state index in [0.717, 1.165) is 0 Å². The first-order chi connectivity index (χ1) is 9.90. The van der Waals surface area contributed by atoms with E-state index in [2.05, 4.69) is 36.8 Å². The van der Waals surface area contributed by atoms with Crippen LogP contribution in [0.1, 0.15) is 25.2 Å². The number of benzene rings is 1. The van der Waals surface area contributed by atoms with Crippen molar-refractivity contribution in [3.05, 3.63) is 38.1 Å². The highest BCUT2D eigenvalue weighted by Gasteiger charge is 2.18. The number of halogens is 1. The number of tetrazole rings is 1. The average molecular weight is 355 g/mol. The van der Waals surface area contributed by atoms with E-state index in [4.69, 9.17) is 0 Å². The normalized spacial score (nSPS) is 11.1. The summed E-state index contributed by atoms with van der Waals surface area (Å²) in [6.07, 6.45) is 0. The van der Waals surface area contributed by atoms with Gasteiger partial charge in [0.05, 0.1) is 17.2 Å². The number of hydrogen-bond donors (Lipinski definition) is 1. The third-order valence-electron chi connectivity index (χ3n) is 2.89. The molecule has 0 atom stereocenters. The first kappa shape index (κ1) is 15.5. The molecule has 0 unspecified atom stereocenters. The highest BCUT2D eigenvalue weighted by Crippen LogP contribution is 2.29. The Morgan fingerprint density at radius 1 is 1.48 bits per heavy atom. The molecule has 0 aliphatic carbocycles. The lowest BCUT2D eigenvalue weighted by molar-refractivity contribution is -0.385. The minimum absolute atomic E-state index is 0.0338. The van der Waals surface area contributed by atoms with E-state index in [1.165, 1.54) is 10.7 Å². The van der Waals surface area contributed by atoms with Crippen LogP contribution in [0.2, 0.25) is 0 Å². The maximum atomic E-state index is 11.1. The lowest BCUT2D eigenvalue weighted by Gasteiger charge is -2.10. The summed E-state index contributed by atoms with van der Waals surface area (Å²) in [5, 5.41) is 25.8. The van der Waals surface area contributed by atoms with E-state index in [0.29, 0.717) is 28.1 Å². The molecule has 0 saturated carbocycles. The Hall–Kier alpha value is -1.87. The highest BCUT2D eigenvalue weighted by atomic mass is 79.9. The molecule has 0 radical (unpaired) electrons. The van der Waals surface area contributed by atoms with Gasteiger partial charge in [-0.3, -0.25) is 10.1 Å². The van der Waals surface area contributed by atoms with Crippen LogP contribution in [0.3, 0.4) is 0 Å². The highest BCUT2D eigenvalue weighted by molar-refractivity contribution is 9.10. The van der Waals surface area contributed by atoms with Gasteiger partial charge in [-0.05, 0) is 39.3 Å². The molecule has 0 aliphatic rings. The van der Waals surface area contributed by atoms with Gasteiger partial charge >= 0.3 is 0 Å². The van der Waals surface area contributed by atoms with Crippen LogP contribution in [0.25, 0.3) is 5.69 Å². The summed E-state index contributed by atoms with van der Waals surface area (Å²) in [4.78, 5) is 10.7. The van der Waals surface area contributed by atoms with Crippen molar-refractivity contribution >= 4 is 21.6 Å². The Labute approximate surface area is 129 Å². The Kier molecular flexibility index (Phi) is 4.63. The Morgan fingerprint density at radius 2 is 2.19 bits per heavy atom. The van der Waals surface area contributed by atoms with Crippen molar-refractivity contribution in [1.29, 1.82) is 0 Å². The molecular weight excluding hydrogens is 340 g/mol. The monoisotopic (exact) mass is 354 g/mol. The predicted octanol–water partition coefficient (Wildman–Crippen LogP) is 2.14. The molecule has 0 fully saturated rings. The zero-order valence-corrected chi connectivity index (χ0v) is 13.5. The van der Waals surface area contributed by atoms with Crippen molar-refractivity contribution in [3.8, 4) is 5.69 Å². The molecule has 1 heterocycles. The molecule has 21 heavy (non-hydrogen) atoms. The zero-order valence-electron chi connectivity index (χ0n) is 11.9. The third-order valence-corrected chi connectivity index (χ3v) is 3.53. The smallest absolute Gasteiger partial charge is 0.274 e. The standard InChI is InChI=1S/C12H15BrN6O2/c1-7(2)14-6-12-15-16-17-18(12)11-5-10(19(20)21)8(3)4-9(11)13/h4-5,7,14H,6H2,1-3H3. The number of aromatic nitrogens is 4. The second-order valence-electron chi connectivity index (χ2n) is 4.89. The quantitative estimate of drug-likeness (QED) is 0.652. The maximum Gasteiger partial charge on any atom is 0.274 e. The molecule has 0 bridgehead atoms. The number of nitro benzene ring substituents is 1. The van der Waals surface area contributed by atoms with Crippen LogP contribution in [0.4, 0.5) is 5.69 Å². The van der Waals surface area contributed by atoms with Gasteiger partial charge in [0.15, 0.2) is 5.82 Å². The minimum atomic E-state index is -0.415. The molecule has 0 spiro atoms. The fourth-order valence-electron chi connectivity index (χ4n) is 1.81. The SMILES string of the molecule is Cc1cc(Br)c(-n2nnnc2CNC(C)C)cc1[N+](=O)[O-]. The summed E-state index contributed by atoms with van der Waals surface area (Å²) < 4.78 is 2.19. The van der Waals surface area contributed by atoms with Gasteiger partial charge in [-0.2, -0.15) is 4.68 Å². The van der Waals surface area contributed by atoms with Gasteiger partial charge in [-0.1, -0.05) is 13.8 Å².